The monoisotopic (exact) mass is 496 g/mol. The predicted octanol–water partition coefficient (Wildman–Crippen LogP) is 3.90. The molecule has 0 bridgehead atoms. The Morgan fingerprint density at radius 2 is 1.47 bits per heavy atom. The summed E-state index contributed by atoms with van der Waals surface area (Å²) >= 11 is 12.5. The zero-order chi connectivity index (χ0) is 24.1. The SMILES string of the molecule is CN(C)C(Cl)C(O)Cc1ccc2[nH]cc(C3=C(c4c[nH]c5ccc(Cl)cc45)C(=O)NC3=O)c2c1. The van der Waals surface area contributed by atoms with E-state index in [1.807, 2.05) is 24.3 Å². The second kappa shape index (κ2) is 8.60. The number of hydrogen-bond donors (Lipinski definition) is 4. The van der Waals surface area contributed by atoms with Gasteiger partial charge in [-0.1, -0.05) is 17.7 Å². The van der Waals surface area contributed by atoms with Crippen molar-refractivity contribution in [3.05, 3.63) is 70.5 Å². The minimum absolute atomic E-state index is 0.290. The number of aromatic nitrogens is 2. The molecule has 2 amide bonds. The zero-order valence-electron chi connectivity index (χ0n) is 18.4. The fourth-order valence-corrected chi connectivity index (χ4v) is 4.71. The van der Waals surface area contributed by atoms with Crippen molar-refractivity contribution in [1.29, 1.82) is 0 Å². The molecule has 2 aromatic carbocycles. The number of carbonyl (C=O) groups excluding carboxylic acids is 2. The highest BCUT2D eigenvalue weighted by atomic mass is 35.5. The van der Waals surface area contributed by atoms with Crippen LogP contribution in [0.4, 0.5) is 0 Å². The molecule has 34 heavy (non-hydrogen) atoms. The van der Waals surface area contributed by atoms with E-state index in [-0.39, 0.29) is 0 Å². The smallest absolute Gasteiger partial charge is 0.259 e. The van der Waals surface area contributed by atoms with Crippen LogP contribution in [-0.4, -0.2) is 57.5 Å². The quantitative estimate of drug-likeness (QED) is 0.184. The normalized spacial score (nSPS) is 16.2. The lowest BCUT2D eigenvalue weighted by atomic mass is 9.94. The van der Waals surface area contributed by atoms with Crippen LogP contribution < -0.4 is 5.32 Å². The molecule has 1 aliphatic heterocycles. The Hall–Kier alpha value is -3.10. The number of hydrogen-bond acceptors (Lipinski definition) is 4. The number of aliphatic hydroxyl groups excluding tert-OH is 1. The number of alkyl halides is 1. The molecule has 1 aliphatic rings. The average molecular weight is 497 g/mol. The number of benzene rings is 2. The van der Waals surface area contributed by atoms with Gasteiger partial charge in [0, 0.05) is 56.8 Å². The summed E-state index contributed by atoms with van der Waals surface area (Å²) in [6.45, 7) is 0. The van der Waals surface area contributed by atoms with E-state index in [9.17, 15) is 14.7 Å². The summed E-state index contributed by atoms with van der Waals surface area (Å²) in [7, 11) is 3.60. The number of aliphatic hydroxyl groups is 1. The van der Waals surface area contributed by atoms with Gasteiger partial charge in [0.15, 0.2) is 0 Å². The van der Waals surface area contributed by atoms with Gasteiger partial charge >= 0.3 is 0 Å². The first-order valence-corrected chi connectivity index (χ1v) is 11.5. The molecule has 2 unspecified atom stereocenters. The van der Waals surface area contributed by atoms with Gasteiger partial charge in [-0.05, 0) is 50.0 Å². The lowest BCUT2D eigenvalue weighted by molar-refractivity contribution is -0.122. The molecule has 0 aliphatic carbocycles. The number of imide groups is 1. The van der Waals surface area contributed by atoms with Crippen LogP contribution in [0.5, 0.6) is 0 Å². The topological polar surface area (TPSA) is 101 Å². The fraction of sp³-hybridized carbons (Fsp3) is 0.200. The number of carbonyl (C=O) groups is 2. The Labute approximate surface area is 205 Å². The molecule has 0 saturated carbocycles. The molecular formula is C25H22Cl2N4O3. The maximum atomic E-state index is 13.0. The van der Waals surface area contributed by atoms with Crippen LogP contribution in [0.25, 0.3) is 33.0 Å². The van der Waals surface area contributed by atoms with Crippen molar-refractivity contribution in [3.63, 3.8) is 0 Å². The first kappa shape index (κ1) is 22.7. The Morgan fingerprint density at radius 1 is 0.912 bits per heavy atom. The number of fused-ring (bicyclic) bond motifs is 2. The van der Waals surface area contributed by atoms with Gasteiger partial charge < -0.3 is 15.1 Å². The number of nitrogens with one attached hydrogen (secondary N) is 3. The molecule has 4 aromatic rings. The molecule has 2 aromatic heterocycles. The molecule has 9 heteroatoms. The second-order valence-electron chi connectivity index (χ2n) is 8.62. The summed E-state index contributed by atoms with van der Waals surface area (Å²) in [5, 5.41) is 15.0. The van der Waals surface area contributed by atoms with Crippen LogP contribution in [-0.2, 0) is 16.0 Å². The number of amides is 2. The van der Waals surface area contributed by atoms with Crippen molar-refractivity contribution in [3.8, 4) is 0 Å². The van der Waals surface area contributed by atoms with Gasteiger partial charge in [0.2, 0.25) is 0 Å². The van der Waals surface area contributed by atoms with Crippen LogP contribution in [0.3, 0.4) is 0 Å². The van der Waals surface area contributed by atoms with Crippen molar-refractivity contribution < 1.29 is 14.7 Å². The number of rotatable bonds is 6. The van der Waals surface area contributed by atoms with Crippen LogP contribution in [0, 0.1) is 0 Å². The lowest BCUT2D eigenvalue weighted by Crippen LogP contribution is -2.35. The molecule has 0 spiro atoms. The Kier molecular flexibility index (Phi) is 5.73. The molecule has 0 saturated heterocycles. The number of likely N-dealkylation sites (N-methyl/N-ethyl adjacent to an activating group) is 1. The number of halogens is 2. The minimum Gasteiger partial charge on any atom is -0.390 e. The largest absolute Gasteiger partial charge is 0.390 e. The van der Waals surface area contributed by atoms with Crippen molar-refractivity contribution in [1.82, 2.24) is 20.2 Å². The van der Waals surface area contributed by atoms with E-state index in [0.717, 1.165) is 27.4 Å². The maximum Gasteiger partial charge on any atom is 0.259 e. The Morgan fingerprint density at radius 3 is 2.06 bits per heavy atom. The third-order valence-electron chi connectivity index (χ3n) is 6.12. The van der Waals surface area contributed by atoms with Gasteiger partial charge in [0.25, 0.3) is 11.8 Å². The minimum atomic E-state index is -0.779. The van der Waals surface area contributed by atoms with E-state index < -0.39 is 23.4 Å². The van der Waals surface area contributed by atoms with Crippen LogP contribution in [0.1, 0.15) is 16.7 Å². The highest BCUT2D eigenvalue weighted by Gasteiger charge is 2.34. The van der Waals surface area contributed by atoms with Crippen molar-refractivity contribution >= 4 is 68.0 Å². The third kappa shape index (κ3) is 3.80. The summed E-state index contributed by atoms with van der Waals surface area (Å²) in [5.41, 5.74) is 3.73. The van der Waals surface area contributed by atoms with Crippen molar-refractivity contribution in [2.24, 2.45) is 0 Å². The third-order valence-corrected chi connectivity index (χ3v) is 7.03. The summed E-state index contributed by atoms with van der Waals surface area (Å²) in [6, 6.07) is 11.1. The van der Waals surface area contributed by atoms with Gasteiger partial charge in [-0.2, -0.15) is 0 Å². The maximum absolute atomic E-state index is 13.0. The zero-order valence-corrected chi connectivity index (χ0v) is 20.0. The van der Waals surface area contributed by atoms with E-state index in [4.69, 9.17) is 23.2 Å². The average Bonchev–Trinajstić information content (AvgIpc) is 3.47. The van der Waals surface area contributed by atoms with Crippen LogP contribution in [0.15, 0.2) is 48.8 Å². The number of nitrogens with zero attached hydrogens (tertiary/aromatic N) is 1. The first-order chi connectivity index (χ1) is 16.2. The van der Waals surface area contributed by atoms with Crippen molar-refractivity contribution in [2.75, 3.05) is 14.1 Å². The van der Waals surface area contributed by atoms with E-state index in [0.29, 0.717) is 33.7 Å². The standard InChI is InChI=1S/C25H22Cl2N4O3/c1-31(2)23(27)20(32)8-12-3-5-18-14(7-12)16(10-28-18)21-22(25(34)30-24(21)33)17-11-29-19-6-4-13(26)9-15(17)19/h3-7,9-11,20,23,28-29,32H,8H2,1-2H3,(H,30,33,34). The molecule has 3 heterocycles. The van der Waals surface area contributed by atoms with Crippen molar-refractivity contribution in [2.45, 2.75) is 18.0 Å². The molecule has 4 N–H and O–H groups in total. The van der Waals surface area contributed by atoms with Gasteiger partial charge in [-0.15, -0.1) is 11.6 Å². The van der Waals surface area contributed by atoms with Gasteiger partial charge in [-0.3, -0.25) is 19.8 Å². The molecule has 7 nitrogen and oxygen atoms in total. The van der Waals surface area contributed by atoms with Gasteiger partial charge in [-0.25, -0.2) is 0 Å². The number of H-pyrrole nitrogens is 2. The summed E-state index contributed by atoms with van der Waals surface area (Å²) < 4.78 is 0. The molecule has 5 rings (SSSR count). The van der Waals surface area contributed by atoms with Crippen LogP contribution in [0.2, 0.25) is 5.02 Å². The summed E-state index contributed by atoms with van der Waals surface area (Å²) in [6.07, 6.45) is 3.00. The molecular weight excluding hydrogens is 475 g/mol. The van der Waals surface area contributed by atoms with Gasteiger partial charge in [0.05, 0.1) is 17.3 Å². The van der Waals surface area contributed by atoms with E-state index in [1.165, 1.54) is 0 Å². The highest BCUT2D eigenvalue weighted by molar-refractivity contribution is 6.50. The molecule has 174 valence electrons. The van der Waals surface area contributed by atoms with E-state index in [2.05, 4.69) is 15.3 Å². The molecule has 2 atom stereocenters. The first-order valence-electron chi connectivity index (χ1n) is 10.7. The summed E-state index contributed by atoms with van der Waals surface area (Å²) in [5.74, 6) is -0.922. The number of aromatic amines is 2. The fourth-order valence-electron chi connectivity index (χ4n) is 4.45. The second-order valence-corrected chi connectivity index (χ2v) is 9.50. The summed E-state index contributed by atoms with van der Waals surface area (Å²) in [4.78, 5) is 33.9. The Bertz CT molecular complexity index is 1480. The van der Waals surface area contributed by atoms with E-state index in [1.54, 1.807) is 43.5 Å². The lowest BCUT2D eigenvalue weighted by Gasteiger charge is -2.23. The predicted molar refractivity (Wildman–Crippen MR) is 135 cm³/mol. The van der Waals surface area contributed by atoms with E-state index >= 15 is 0 Å². The molecule has 0 fully saturated rings. The van der Waals surface area contributed by atoms with Crippen LogP contribution >= 0.6 is 23.2 Å². The van der Waals surface area contributed by atoms with Gasteiger partial charge in [0.1, 0.15) is 5.50 Å². The molecule has 0 radical (unpaired) electrons. The Balaban J connectivity index is 1.65. The highest BCUT2D eigenvalue weighted by Crippen LogP contribution is 2.38.